The Balaban J connectivity index is 1.49. The van der Waals surface area contributed by atoms with Crippen LogP contribution in [0.1, 0.15) is 30.0 Å². The summed E-state index contributed by atoms with van der Waals surface area (Å²) in [6, 6.07) is 21.1. The fourth-order valence-electron chi connectivity index (χ4n) is 4.38. The van der Waals surface area contributed by atoms with E-state index >= 15 is 0 Å². The molecule has 3 nitrogen and oxygen atoms in total. The van der Waals surface area contributed by atoms with Gasteiger partial charge in [0.2, 0.25) is 10.0 Å². The van der Waals surface area contributed by atoms with Crippen LogP contribution in [0.15, 0.2) is 71.6 Å². The standard InChI is InChI=1S/C23H20ClNO2S/c1-15-14-23(15,18-5-3-2-4-6-18)25-28(26,27)20-8-10-22-17(13-20)11-16-12-19(24)7-9-21(16)22/h2-10,12-13,15,25H,11,14H2,1H3/t15-,23+/m1/s1. The van der Waals surface area contributed by atoms with Crippen molar-refractivity contribution < 1.29 is 8.42 Å². The molecule has 2 atom stereocenters. The average Bonchev–Trinajstić information content (AvgIpc) is 3.17. The van der Waals surface area contributed by atoms with Crippen LogP contribution >= 0.6 is 11.6 Å². The van der Waals surface area contributed by atoms with Gasteiger partial charge in [-0.1, -0.05) is 61.0 Å². The Hall–Kier alpha value is -2.14. The van der Waals surface area contributed by atoms with Gasteiger partial charge in [0.05, 0.1) is 10.4 Å². The van der Waals surface area contributed by atoms with Gasteiger partial charge in [0, 0.05) is 5.02 Å². The third-order valence-corrected chi connectivity index (χ3v) is 7.78. The van der Waals surface area contributed by atoms with Gasteiger partial charge in [-0.3, -0.25) is 0 Å². The molecular weight excluding hydrogens is 390 g/mol. The number of hydrogen-bond donors (Lipinski definition) is 1. The van der Waals surface area contributed by atoms with E-state index in [4.69, 9.17) is 11.6 Å². The SMILES string of the molecule is C[C@@H]1C[C@@]1(NS(=O)(=O)c1ccc2c(c1)Cc1cc(Cl)ccc1-2)c1ccccc1. The number of halogens is 1. The van der Waals surface area contributed by atoms with E-state index in [1.807, 2.05) is 54.6 Å². The zero-order chi connectivity index (χ0) is 19.5. The first-order valence-corrected chi connectivity index (χ1v) is 11.3. The summed E-state index contributed by atoms with van der Waals surface area (Å²) in [5, 5.41) is 0.702. The van der Waals surface area contributed by atoms with Crippen LogP contribution in [-0.2, 0) is 22.0 Å². The topological polar surface area (TPSA) is 46.2 Å². The van der Waals surface area contributed by atoms with Gasteiger partial charge in [-0.2, -0.15) is 0 Å². The zero-order valence-electron chi connectivity index (χ0n) is 15.4. The Labute approximate surface area is 170 Å². The molecule has 0 aromatic heterocycles. The van der Waals surface area contributed by atoms with Crippen LogP contribution in [0.3, 0.4) is 0 Å². The van der Waals surface area contributed by atoms with Gasteiger partial charge in [-0.25, -0.2) is 13.1 Å². The highest BCUT2D eigenvalue weighted by Crippen LogP contribution is 2.52. The Kier molecular flexibility index (Phi) is 3.96. The number of nitrogens with one attached hydrogen (secondary N) is 1. The maximum Gasteiger partial charge on any atom is 0.241 e. The molecule has 1 N–H and O–H groups in total. The molecule has 3 aromatic rings. The van der Waals surface area contributed by atoms with E-state index < -0.39 is 15.6 Å². The van der Waals surface area contributed by atoms with Crippen molar-refractivity contribution in [2.45, 2.75) is 30.2 Å². The average molecular weight is 410 g/mol. The van der Waals surface area contributed by atoms with Crippen LogP contribution in [0, 0.1) is 5.92 Å². The Morgan fingerprint density at radius 1 is 0.964 bits per heavy atom. The molecule has 0 bridgehead atoms. The van der Waals surface area contributed by atoms with E-state index in [0.717, 1.165) is 34.2 Å². The number of sulfonamides is 1. The van der Waals surface area contributed by atoms with E-state index in [1.165, 1.54) is 0 Å². The van der Waals surface area contributed by atoms with Crippen molar-refractivity contribution in [2.24, 2.45) is 5.92 Å². The monoisotopic (exact) mass is 409 g/mol. The van der Waals surface area contributed by atoms with Gasteiger partial charge in [0.25, 0.3) is 0 Å². The minimum absolute atomic E-state index is 0.269. The van der Waals surface area contributed by atoms with E-state index in [2.05, 4.69) is 11.6 Å². The smallest absolute Gasteiger partial charge is 0.207 e. The second-order valence-corrected chi connectivity index (χ2v) is 9.96. The lowest BCUT2D eigenvalue weighted by Gasteiger charge is -2.20. The quantitative estimate of drug-likeness (QED) is 0.508. The van der Waals surface area contributed by atoms with Gasteiger partial charge in [0.15, 0.2) is 0 Å². The van der Waals surface area contributed by atoms with Gasteiger partial charge in [-0.15, -0.1) is 0 Å². The Morgan fingerprint density at radius 3 is 2.29 bits per heavy atom. The predicted molar refractivity (Wildman–Crippen MR) is 112 cm³/mol. The van der Waals surface area contributed by atoms with Crippen LogP contribution in [0.5, 0.6) is 0 Å². The molecule has 0 amide bonds. The largest absolute Gasteiger partial charge is 0.241 e. The molecule has 5 rings (SSSR count). The minimum atomic E-state index is -3.63. The van der Waals surface area contributed by atoms with Gasteiger partial charge in [0.1, 0.15) is 0 Å². The third kappa shape index (κ3) is 2.79. The van der Waals surface area contributed by atoms with Crippen molar-refractivity contribution in [1.82, 2.24) is 4.72 Å². The molecule has 0 saturated heterocycles. The fourth-order valence-corrected chi connectivity index (χ4v) is 6.12. The van der Waals surface area contributed by atoms with E-state index in [-0.39, 0.29) is 5.92 Å². The van der Waals surface area contributed by atoms with Gasteiger partial charge in [-0.05, 0) is 70.8 Å². The third-order valence-electron chi connectivity index (χ3n) is 6.04. The number of rotatable bonds is 4. The molecule has 28 heavy (non-hydrogen) atoms. The highest BCUT2D eigenvalue weighted by molar-refractivity contribution is 7.89. The minimum Gasteiger partial charge on any atom is -0.207 e. The summed E-state index contributed by atoms with van der Waals surface area (Å²) in [7, 11) is -3.63. The summed E-state index contributed by atoms with van der Waals surface area (Å²) in [6.07, 6.45) is 1.51. The van der Waals surface area contributed by atoms with Crippen LogP contribution in [0.2, 0.25) is 5.02 Å². The first-order valence-electron chi connectivity index (χ1n) is 9.40. The number of fused-ring (bicyclic) bond motifs is 3. The first-order chi connectivity index (χ1) is 13.4. The molecule has 0 heterocycles. The van der Waals surface area contributed by atoms with E-state index in [0.29, 0.717) is 16.3 Å². The molecular formula is C23H20ClNO2S. The second-order valence-electron chi connectivity index (χ2n) is 7.85. The lowest BCUT2D eigenvalue weighted by Crippen LogP contribution is -2.36. The summed E-state index contributed by atoms with van der Waals surface area (Å²) in [6.45, 7) is 2.08. The molecule has 0 unspecified atom stereocenters. The molecule has 0 aliphatic heterocycles. The molecule has 0 spiro atoms. The van der Waals surface area contributed by atoms with E-state index in [1.54, 1.807) is 12.1 Å². The summed E-state index contributed by atoms with van der Waals surface area (Å²) in [5.74, 6) is 0.269. The lowest BCUT2D eigenvalue weighted by molar-refractivity contribution is 0.534. The molecule has 142 valence electrons. The normalized spacial score (nSPS) is 22.6. The van der Waals surface area contributed by atoms with Crippen LogP contribution in [0.25, 0.3) is 11.1 Å². The van der Waals surface area contributed by atoms with Gasteiger partial charge >= 0.3 is 0 Å². The molecule has 3 aromatic carbocycles. The highest BCUT2D eigenvalue weighted by atomic mass is 35.5. The molecule has 2 aliphatic rings. The molecule has 0 radical (unpaired) electrons. The highest BCUT2D eigenvalue weighted by Gasteiger charge is 2.54. The van der Waals surface area contributed by atoms with Crippen molar-refractivity contribution in [3.8, 4) is 11.1 Å². The maximum absolute atomic E-state index is 13.2. The van der Waals surface area contributed by atoms with Crippen molar-refractivity contribution in [3.05, 3.63) is 88.4 Å². The van der Waals surface area contributed by atoms with Crippen LogP contribution in [-0.4, -0.2) is 8.42 Å². The number of hydrogen-bond acceptors (Lipinski definition) is 2. The molecule has 1 fully saturated rings. The van der Waals surface area contributed by atoms with Crippen molar-refractivity contribution in [2.75, 3.05) is 0 Å². The van der Waals surface area contributed by atoms with Crippen molar-refractivity contribution in [1.29, 1.82) is 0 Å². The Bertz CT molecular complexity index is 1190. The lowest BCUT2D eigenvalue weighted by atomic mass is 10.0. The summed E-state index contributed by atoms with van der Waals surface area (Å²) < 4.78 is 29.4. The van der Waals surface area contributed by atoms with E-state index in [9.17, 15) is 8.42 Å². The summed E-state index contributed by atoms with van der Waals surface area (Å²) >= 11 is 6.12. The molecule has 2 aliphatic carbocycles. The van der Waals surface area contributed by atoms with Crippen molar-refractivity contribution in [3.63, 3.8) is 0 Å². The number of benzene rings is 3. The Morgan fingerprint density at radius 2 is 1.61 bits per heavy atom. The predicted octanol–water partition coefficient (Wildman–Crippen LogP) is 5.12. The maximum atomic E-state index is 13.2. The summed E-state index contributed by atoms with van der Waals surface area (Å²) in [4.78, 5) is 0.319. The van der Waals surface area contributed by atoms with Crippen LogP contribution in [0.4, 0.5) is 0 Å². The van der Waals surface area contributed by atoms with Crippen LogP contribution < -0.4 is 4.72 Å². The zero-order valence-corrected chi connectivity index (χ0v) is 17.0. The summed E-state index contributed by atoms with van der Waals surface area (Å²) in [5.41, 5.74) is 4.90. The molecule has 1 saturated carbocycles. The second kappa shape index (κ2) is 6.18. The first kappa shape index (κ1) is 17.9. The van der Waals surface area contributed by atoms with Crippen molar-refractivity contribution >= 4 is 21.6 Å². The molecule has 5 heteroatoms. The fraction of sp³-hybridized carbons (Fsp3) is 0.217. The van der Waals surface area contributed by atoms with Gasteiger partial charge < -0.3 is 0 Å².